The van der Waals surface area contributed by atoms with Gasteiger partial charge in [0.1, 0.15) is 6.17 Å². The molecule has 1 aromatic carbocycles. The lowest BCUT2D eigenvalue weighted by Crippen LogP contribution is -2.15. The van der Waals surface area contributed by atoms with Crippen molar-refractivity contribution in [1.82, 2.24) is 24.6 Å². The molecule has 0 spiro atoms. The SMILES string of the molecule is CSc1c(F)c(SC)c2[nH]ncc2c1-c1cn2cc(NC(=O)[C@@H]3C[C@@H]3F)nc2cn1. The summed E-state index contributed by atoms with van der Waals surface area (Å²) in [5.74, 6) is -0.966. The van der Waals surface area contributed by atoms with Crippen molar-refractivity contribution in [2.75, 3.05) is 17.8 Å². The number of benzene rings is 1. The summed E-state index contributed by atoms with van der Waals surface area (Å²) in [7, 11) is 0. The Hall–Kier alpha value is -2.66. The fourth-order valence-electron chi connectivity index (χ4n) is 3.47. The molecule has 154 valence electrons. The number of thioether (sulfide) groups is 2. The number of aromatic nitrogens is 5. The van der Waals surface area contributed by atoms with E-state index in [1.54, 1.807) is 29.2 Å². The first-order chi connectivity index (χ1) is 14.5. The predicted molar refractivity (Wildman–Crippen MR) is 113 cm³/mol. The van der Waals surface area contributed by atoms with E-state index in [1.165, 1.54) is 23.5 Å². The Morgan fingerprint density at radius 3 is 2.73 bits per heavy atom. The number of hydrogen-bond acceptors (Lipinski definition) is 6. The lowest BCUT2D eigenvalue weighted by molar-refractivity contribution is -0.117. The van der Waals surface area contributed by atoms with Gasteiger partial charge in [-0.3, -0.25) is 14.9 Å². The predicted octanol–water partition coefficient (Wildman–Crippen LogP) is 4.15. The lowest BCUT2D eigenvalue weighted by atomic mass is 10.1. The van der Waals surface area contributed by atoms with Crippen LogP contribution in [0.2, 0.25) is 0 Å². The quantitative estimate of drug-likeness (QED) is 0.448. The highest BCUT2D eigenvalue weighted by molar-refractivity contribution is 7.99. The minimum Gasteiger partial charge on any atom is -0.309 e. The number of nitrogens with one attached hydrogen (secondary N) is 2. The second-order valence-corrected chi connectivity index (χ2v) is 8.56. The molecule has 11 heteroatoms. The molecular formula is C19H16F2N6OS2. The Kier molecular flexibility index (Phi) is 4.66. The van der Waals surface area contributed by atoms with Crippen LogP contribution >= 0.6 is 23.5 Å². The van der Waals surface area contributed by atoms with E-state index < -0.39 is 12.1 Å². The van der Waals surface area contributed by atoms with Crippen molar-refractivity contribution >= 4 is 51.8 Å². The summed E-state index contributed by atoms with van der Waals surface area (Å²) in [5.41, 5.74) is 2.32. The van der Waals surface area contributed by atoms with Crippen LogP contribution in [-0.2, 0) is 4.79 Å². The summed E-state index contributed by atoms with van der Waals surface area (Å²) in [6.45, 7) is 0. The highest BCUT2D eigenvalue weighted by atomic mass is 32.2. The highest BCUT2D eigenvalue weighted by Gasteiger charge is 2.43. The van der Waals surface area contributed by atoms with E-state index in [0.717, 1.165) is 5.39 Å². The average molecular weight is 447 g/mol. The van der Waals surface area contributed by atoms with Gasteiger partial charge in [-0.15, -0.1) is 23.5 Å². The second-order valence-electron chi connectivity index (χ2n) is 6.93. The van der Waals surface area contributed by atoms with Gasteiger partial charge in [0.2, 0.25) is 5.91 Å². The highest BCUT2D eigenvalue weighted by Crippen LogP contribution is 2.42. The number of hydrogen-bond donors (Lipinski definition) is 2. The van der Waals surface area contributed by atoms with Crippen molar-refractivity contribution in [2.45, 2.75) is 22.4 Å². The number of alkyl halides is 1. The molecule has 0 aliphatic heterocycles. The number of aromatic amines is 1. The molecule has 1 saturated carbocycles. The standard InChI is InChI=1S/C19H16F2N6OS2/c1-29-17-14(9-4-23-26-16(9)18(30-2)15(17)21)11-6-27-7-12(24-13(27)5-22-11)25-19(28)8-3-10(8)20/h4-8,10H,3H2,1-2H3,(H,23,26)(H,25,28)/t8-,10+/m1/s1. The van der Waals surface area contributed by atoms with Crippen LogP contribution < -0.4 is 5.32 Å². The molecule has 7 nitrogen and oxygen atoms in total. The van der Waals surface area contributed by atoms with E-state index >= 15 is 4.39 Å². The smallest absolute Gasteiger partial charge is 0.231 e. The van der Waals surface area contributed by atoms with Crippen molar-refractivity contribution in [2.24, 2.45) is 5.92 Å². The first kappa shape index (κ1) is 19.3. The zero-order valence-corrected chi connectivity index (χ0v) is 17.6. The minimum absolute atomic E-state index is 0.251. The summed E-state index contributed by atoms with van der Waals surface area (Å²) in [4.78, 5) is 21.8. The Morgan fingerprint density at radius 2 is 2.03 bits per heavy atom. The van der Waals surface area contributed by atoms with Gasteiger partial charge >= 0.3 is 0 Å². The van der Waals surface area contributed by atoms with E-state index in [1.807, 2.05) is 12.5 Å². The first-order valence-electron chi connectivity index (χ1n) is 9.08. The Bertz CT molecular complexity index is 1300. The van der Waals surface area contributed by atoms with Gasteiger partial charge in [-0.1, -0.05) is 0 Å². The molecule has 2 atom stereocenters. The fourth-order valence-corrected chi connectivity index (χ4v) is 4.88. The number of carbonyl (C=O) groups excluding carboxylic acids is 1. The number of rotatable bonds is 5. The van der Waals surface area contributed by atoms with Gasteiger partial charge in [-0.05, 0) is 18.9 Å². The molecule has 3 aromatic heterocycles. The van der Waals surface area contributed by atoms with Gasteiger partial charge in [0.05, 0.1) is 45.5 Å². The molecular weight excluding hydrogens is 430 g/mol. The minimum atomic E-state index is -1.07. The molecule has 3 heterocycles. The molecule has 0 unspecified atom stereocenters. The molecule has 0 saturated heterocycles. The molecule has 5 rings (SSSR count). The van der Waals surface area contributed by atoms with E-state index in [0.29, 0.717) is 38.0 Å². The Morgan fingerprint density at radius 1 is 1.27 bits per heavy atom. The third-order valence-electron chi connectivity index (χ3n) is 5.07. The normalized spacial score (nSPS) is 18.3. The van der Waals surface area contributed by atoms with Crippen molar-refractivity contribution in [1.29, 1.82) is 0 Å². The van der Waals surface area contributed by atoms with Gasteiger partial charge < -0.3 is 9.72 Å². The number of imidazole rings is 1. The van der Waals surface area contributed by atoms with E-state index in [9.17, 15) is 9.18 Å². The Labute approximate surface area is 178 Å². The summed E-state index contributed by atoms with van der Waals surface area (Å²) in [5, 5.41) is 10.4. The number of fused-ring (bicyclic) bond motifs is 2. The number of anilines is 1. The van der Waals surface area contributed by atoms with Crippen LogP contribution in [-0.4, -0.2) is 49.2 Å². The first-order valence-corrected chi connectivity index (χ1v) is 11.5. The van der Waals surface area contributed by atoms with E-state index in [4.69, 9.17) is 0 Å². The monoisotopic (exact) mass is 446 g/mol. The maximum atomic E-state index is 15.2. The molecule has 1 amide bonds. The number of carbonyl (C=O) groups is 1. The number of H-pyrrole nitrogens is 1. The van der Waals surface area contributed by atoms with E-state index in [-0.39, 0.29) is 18.1 Å². The Balaban J connectivity index is 1.60. The van der Waals surface area contributed by atoms with Crippen LogP contribution in [0.1, 0.15) is 6.42 Å². The third kappa shape index (κ3) is 3.03. The molecule has 2 N–H and O–H groups in total. The zero-order valence-electron chi connectivity index (χ0n) is 15.9. The summed E-state index contributed by atoms with van der Waals surface area (Å²) < 4.78 is 30.0. The van der Waals surface area contributed by atoms with Gasteiger partial charge in [0.15, 0.2) is 17.3 Å². The van der Waals surface area contributed by atoms with E-state index in [2.05, 4.69) is 25.5 Å². The molecule has 0 radical (unpaired) electrons. The second kappa shape index (κ2) is 7.24. The number of nitrogens with zero attached hydrogens (tertiary/aromatic N) is 4. The topological polar surface area (TPSA) is 88.0 Å². The molecule has 1 aliphatic carbocycles. The van der Waals surface area contributed by atoms with Gasteiger partial charge in [0, 0.05) is 17.1 Å². The van der Waals surface area contributed by atoms with Crippen LogP contribution in [0.4, 0.5) is 14.6 Å². The van der Waals surface area contributed by atoms with Crippen molar-refractivity contribution < 1.29 is 13.6 Å². The maximum absolute atomic E-state index is 15.2. The molecule has 1 aliphatic rings. The van der Waals surface area contributed by atoms with Gasteiger partial charge in [-0.25, -0.2) is 13.8 Å². The average Bonchev–Trinajstić information content (AvgIpc) is 3.12. The van der Waals surface area contributed by atoms with Crippen LogP contribution in [0.25, 0.3) is 27.8 Å². The maximum Gasteiger partial charge on any atom is 0.231 e. The van der Waals surface area contributed by atoms with Crippen LogP contribution in [0.15, 0.2) is 34.6 Å². The van der Waals surface area contributed by atoms with Gasteiger partial charge in [-0.2, -0.15) is 5.10 Å². The van der Waals surface area contributed by atoms with Crippen molar-refractivity contribution in [3.8, 4) is 11.3 Å². The van der Waals surface area contributed by atoms with Crippen molar-refractivity contribution in [3.05, 3.63) is 30.6 Å². The largest absolute Gasteiger partial charge is 0.309 e. The third-order valence-corrected chi connectivity index (χ3v) is 6.65. The van der Waals surface area contributed by atoms with Crippen LogP contribution in [0.5, 0.6) is 0 Å². The molecule has 30 heavy (non-hydrogen) atoms. The van der Waals surface area contributed by atoms with Gasteiger partial charge in [0.25, 0.3) is 0 Å². The fraction of sp³-hybridized carbons (Fsp3) is 0.263. The molecule has 0 bridgehead atoms. The van der Waals surface area contributed by atoms with Crippen molar-refractivity contribution in [3.63, 3.8) is 0 Å². The zero-order chi connectivity index (χ0) is 21.0. The lowest BCUT2D eigenvalue weighted by Gasteiger charge is -2.13. The number of halogens is 2. The van der Waals surface area contributed by atoms with Crippen LogP contribution in [0, 0.1) is 11.7 Å². The molecule has 4 aromatic rings. The van der Waals surface area contributed by atoms with Crippen LogP contribution in [0.3, 0.4) is 0 Å². The molecule has 1 fully saturated rings. The number of amides is 1. The summed E-state index contributed by atoms with van der Waals surface area (Å²) in [6.07, 6.45) is 9.39. The summed E-state index contributed by atoms with van der Waals surface area (Å²) in [6, 6.07) is 0. The summed E-state index contributed by atoms with van der Waals surface area (Å²) >= 11 is 2.63.